The lowest BCUT2D eigenvalue weighted by Gasteiger charge is -2.07. The Balaban J connectivity index is 1.69. The van der Waals surface area contributed by atoms with Gasteiger partial charge in [0.1, 0.15) is 5.82 Å². The molecule has 26 heavy (non-hydrogen) atoms. The second-order valence-corrected chi connectivity index (χ2v) is 7.09. The van der Waals surface area contributed by atoms with Crippen LogP contribution in [0.5, 0.6) is 0 Å². The molecule has 10 heteroatoms. The number of nitrogens with two attached hydrogens (primary N) is 1. The van der Waals surface area contributed by atoms with Crippen LogP contribution < -0.4 is 11.2 Å². The van der Waals surface area contributed by atoms with Crippen molar-refractivity contribution >= 4 is 46.7 Å². The van der Waals surface area contributed by atoms with Crippen molar-refractivity contribution in [1.29, 1.82) is 0 Å². The minimum absolute atomic E-state index is 0.111. The van der Waals surface area contributed by atoms with Gasteiger partial charge in [0.15, 0.2) is 5.82 Å². The predicted octanol–water partition coefficient (Wildman–Crippen LogP) is 3.40. The largest absolute Gasteiger partial charge is 0.335 e. The van der Waals surface area contributed by atoms with E-state index in [9.17, 15) is 4.79 Å². The van der Waals surface area contributed by atoms with Gasteiger partial charge in [-0.1, -0.05) is 41.0 Å². The van der Waals surface area contributed by atoms with E-state index in [0.717, 1.165) is 17.3 Å². The molecule has 0 saturated carbocycles. The molecule has 3 N–H and O–H groups in total. The Morgan fingerprint density at radius 3 is 2.85 bits per heavy atom. The van der Waals surface area contributed by atoms with Gasteiger partial charge in [-0.2, -0.15) is 0 Å². The summed E-state index contributed by atoms with van der Waals surface area (Å²) < 4.78 is 1.29. The van der Waals surface area contributed by atoms with E-state index in [-0.39, 0.29) is 11.7 Å². The maximum atomic E-state index is 12.1. The number of carbonyl (C=O) groups excluding carboxylic acids is 1. The van der Waals surface area contributed by atoms with Crippen molar-refractivity contribution in [3.05, 3.63) is 52.1 Å². The molecule has 0 saturated heterocycles. The van der Waals surface area contributed by atoms with Crippen molar-refractivity contribution in [2.45, 2.75) is 12.1 Å². The molecule has 3 rings (SSSR count). The van der Waals surface area contributed by atoms with Crippen molar-refractivity contribution in [3.63, 3.8) is 0 Å². The van der Waals surface area contributed by atoms with E-state index in [0.29, 0.717) is 32.4 Å². The summed E-state index contributed by atoms with van der Waals surface area (Å²) in [6.07, 6.45) is 1.62. The van der Waals surface area contributed by atoms with Crippen molar-refractivity contribution in [3.8, 4) is 11.4 Å². The molecule has 0 radical (unpaired) electrons. The molecule has 0 unspecified atom stereocenters. The van der Waals surface area contributed by atoms with Gasteiger partial charge in [0.25, 0.3) is 0 Å². The molecule has 7 nitrogen and oxygen atoms in total. The van der Waals surface area contributed by atoms with Crippen molar-refractivity contribution in [2.75, 3.05) is 16.9 Å². The highest BCUT2D eigenvalue weighted by molar-refractivity contribution is 7.99. The van der Waals surface area contributed by atoms with Crippen LogP contribution in [0.1, 0.15) is 5.56 Å². The number of hydrogen-bond donors (Lipinski definition) is 2. The summed E-state index contributed by atoms with van der Waals surface area (Å²) in [4.78, 5) is 16.2. The van der Waals surface area contributed by atoms with Crippen LogP contribution in [0.3, 0.4) is 0 Å². The number of anilines is 1. The van der Waals surface area contributed by atoms with Gasteiger partial charge >= 0.3 is 0 Å². The number of benzene rings is 1. The van der Waals surface area contributed by atoms with E-state index in [2.05, 4.69) is 20.5 Å². The molecule has 0 bridgehead atoms. The number of halogens is 2. The number of rotatable bonds is 5. The van der Waals surface area contributed by atoms with Crippen LogP contribution in [0.4, 0.5) is 5.82 Å². The first-order valence-electron chi connectivity index (χ1n) is 7.46. The Labute approximate surface area is 163 Å². The van der Waals surface area contributed by atoms with Gasteiger partial charge in [-0.3, -0.25) is 4.79 Å². The first-order chi connectivity index (χ1) is 12.5. The molecular formula is C16H14Cl2N6OS. The third-order valence-corrected chi connectivity index (χ3v) is 4.93. The number of aromatic nitrogens is 4. The molecule has 134 valence electrons. The van der Waals surface area contributed by atoms with E-state index in [1.54, 1.807) is 30.5 Å². The Hall–Kier alpha value is -2.29. The second-order valence-electron chi connectivity index (χ2n) is 5.31. The molecule has 2 aromatic heterocycles. The van der Waals surface area contributed by atoms with E-state index >= 15 is 0 Å². The van der Waals surface area contributed by atoms with Gasteiger partial charge in [0.2, 0.25) is 11.1 Å². The average molecular weight is 409 g/mol. The van der Waals surface area contributed by atoms with Gasteiger partial charge in [-0.05, 0) is 36.8 Å². The number of hydrogen-bond acceptors (Lipinski definition) is 6. The first-order valence-corrected chi connectivity index (χ1v) is 9.20. The van der Waals surface area contributed by atoms with Crippen LogP contribution >= 0.6 is 35.0 Å². The van der Waals surface area contributed by atoms with Crippen LogP contribution in [0.25, 0.3) is 11.4 Å². The molecule has 1 aromatic carbocycles. The molecule has 3 aromatic rings. The van der Waals surface area contributed by atoms with Gasteiger partial charge < -0.3 is 11.2 Å². The Morgan fingerprint density at radius 2 is 2.12 bits per heavy atom. The van der Waals surface area contributed by atoms with Crippen LogP contribution in [0.15, 0.2) is 41.7 Å². The average Bonchev–Trinajstić information content (AvgIpc) is 2.96. The topological polar surface area (TPSA) is 98.7 Å². The summed E-state index contributed by atoms with van der Waals surface area (Å²) in [6.45, 7) is 1.87. The summed E-state index contributed by atoms with van der Waals surface area (Å²) in [5.41, 5.74) is 1.49. The zero-order valence-corrected chi connectivity index (χ0v) is 15.9. The molecule has 2 heterocycles. The summed E-state index contributed by atoms with van der Waals surface area (Å²) in [7, 11) is 0. The highest BCUT2D eigenvalue weighted by Crippen LogP contribution is 2.30. The number of aryl methyl sites for hydroxylation is 1. The van der Waals surface area contributed by atoms with Crippen LogP contribution in [0, 0.1) is 6.92 Å². The van der Waals surface area contributed by atoms with Crippen molar-refractivity contribution in [1.82, 2.24) is 19.9 Å². The minimum atomic E-state index is -0.217. The van der Waals surface area contributed by atoms with Crippen molar-refractivity contribution < 1.29 is 4.79 Å². The fraction of sp³-hybridized carbons (Fsp3) is 0.125. The van der Waals surface area contributed by atoms with E-state index < -0.39 is 0 Å². The highest BCUT2D eigenvalue weighted by Gasteiger charge is 2.16. The Morgan fingerprint density at radius 1 is 1.31 bits per heavy atom. The van der Waals surface area contributed by atoms with E-state index in [1.807, 2.05) is 13.0 Å². The molecule has 0 aliphatic rings. The predicted molar refractivity (Wildman–Crippen MR) is 104 cm³/mol. The van der Waals surface area contributed by atoms with Crippen molar-refractivity contribution in [2.24, 2.45) is 0 Å². The molecule has 0 fully saturated rings. The summed E-state index contributed by atoms with van der Waals surface area (Å²) in [6, 6.07) is 8.67. The molecule has 0 aliphatic heterocycles. The molecule has 0 atom stereocenters. The first kappa shape index (κ1) is 18.5. The number of carbonyl (C=O) groups is 1. The highest BCUT2D eigenvalue weighted by atomic mass is 35.5. The fourth-order valence-electron chi connectivity index (χ4n) is 2.14. The van der Waals surface area contributed by atoms with Crippen LogP contribution in [0.2, 0.25) is 10.0 Å². The Kier molecular flexibility index (Phi) is 5.65. The monoisotopic (exact) mass is 408 g/mol. The number of nitrogens with zero attached hydrogens (tertiary/aromatic N) is 4. The van der Waals surface area contributed by atoms with E-state index in [1.165, 1.54) is 4.68 Å². The zero-order valence-electron chi connectivity index (χ0n) is 13.6. The maximum absolute atomic E-state index is 12.1. The lowest BCUT2D eigenvalue weighted by molar-refractivity contribution is -0.113. The smallest absolute Gasteiger partial charge is 0.236 e. The number of pyridine rings is 1. The molecule has 1 amide bonds. The minimum Gasteiger partial charge on any atom is -0.335 e. The number of nitrogens with one attached hydrogen (secondary N) is 1. The third kappa shape index (κ3) is 4.09. The summed E-state index contributed by atoms with van der Waals surface area (Å²) in [5, 5.41) is 12.1. The lowest BCUT2D eigenvalue weighted by atomic mass is 10.2. The number of nitrogen functional groups attached to an aromatic ring is 1. The van der Waals surface area contributed by atoms with E-state index in [4.69, 9.17) is 29.0 Å². The van der Waals surface area contributed by atoms with Gasteiger partial charge in [0.05, 0.1) is 10.8 Å². The normalized spacial score (nSPS) is 10.7. The van der Waals surface area contributed by atoms with Gasteiger partial charge in [-0.15, -0.1) is 10.2 Å². The van der Waals surface area contributed by atoms with Gasteiger partial charge in [-0.25, -0.2) is 9.66 Å². The number of thioether (sulfide) groups is 1. The standard InChI is InChI=1S/C16H14Cl2N6OS/c1-9-3-2-6-20-14(9)21-13(25)8-26-16-23-22-15(24(16)19)11-5-4-10(17)7-12(11)18/h2-7H,8,19H2,1H3,(H,20,21,25). The maximum Gasteiger partial charge on any atom is 0.236 e. The summed E-state index contributed by atoms with van der Waals surface area (Å²) >= 11 is 13.2. The quantitative estimate of drug-likeness (QED) is 0.495. The second kappa shape index (κ2) is 7.94. The SMILES string of the molecule is Cc1cccnc1NC(=O)CSc1nnc(-c2ccc(Cl)cc2Cl)n1N. The molecule has 0 spiro atoms. The van der Waals surface area contributed by atoms with Crippen LogP contribution in [-0.2, 0) is 4.79 Å². The fourth-order valence-corrected chi connectivity index (χ4v) is 3.29. The summed E-state index contributed by atoms with van der Waals surface area (Å²) in [5.74, 6) is 6.85. The third-order valence-electron chi connectivity index (χ3n) is 3.44. The molecular weight excluding hydrogens is 395 g/mol. The number of amides is 1. The Bertz CT molecular complexity index is 962. The zero-order chi connectivity index (χ0) is 18.7. The lowest BCUT2D eigenvalue weighted by Crippen LogP contribution is -2.17. The molecule has 0 aliphatic carbocycles. The van der Waals surface area contributed by atoms with Crippen LogP contribution in [-0.4, -0.2) is 31.5 Å². The van der Waals surface area contributed by atoms with Gasteiger partial charge in [0, 0.05) is 16.8 Å².